The lowest BCUT2D eigenvalue weighted by molar-refractivity contribution is -0.150. The Morgan fingerprint density at radius 3 is 2.55 bits per heavy atom. The molecular weight excluding hydrogens is 374 g/mol. The number of ether oxygens (including phenoxy) is 3. The first-order valence-electron chi connectivity index (χ1n) is 10.1. The maximum atomic E-state index is 12.1. The molecule has 4 atom stereocenters. The van der Waals surface area contributed by atoms with Crippen LogP contribution in [0.2, 0.25) is 0 Å². The average Bonchev–Trinajstić information content (AvgIpc) is 3.34. The number of esters is 1. The first-order valence-corrected chi connectivity index (χ1v) is 10.1. The summed E-state index contributed by atoms with van der Waals surface area (Å²) in [5, 5.41) is 2.96. The highest BCUT2D eigenvalue weighted by atomic mass is 16.6. The van der Waals surface area contributed by atoms with Gasteiger partial charge in [0.05, 0.1) is 7.11 Å². The van der Waals surface area contributed by atoms with E-state index in [1.165, 1.54) is 39.7 Å². The van der Waals surface area contributed by atoms with Crippen LogP contribution in [-0.2, 0) is 14.3 Å². The van der Waals surface area contributed by atoms with Gasteiger partial charge in [-0.2, -0.15) is 0 Å². The van der Waals surface area contributed by atoms with E-state index < -0.39 is 5.97 Å². The minimum atomic E-state index is -0.648. The van der Waals surface area contributed by atoms with Crippen LogP contribution in [0.3, 0.4) is 0 Å². The Balaban J connectivity index is 1.40. The number of ketones is 1. The van der Waals surface area contributed by atoms with Gasteiger partial charge in [-0.1, -0.05) is 6.42 Å². The highest BCUT2D eigenvalue weighted by Gasteiger charge is 2.42. The number of methoxy groups -OCH3 is 1. The van der Waals surface area contributed by atoms with Crippen molar-refractivity contribution in [2.24, 2.45) is 17.8 Å². The van der Waals surface area contributed by atoms with E-state index in [1.54, 1.807) is 18.2 Å². The fourth-order valence-electron chi connectivity index (χ4n) is 4.64. The molecule has 0 heterocycles. The predicted molar refractivity (Wildman–Crippen MR) is 106 cm³/mol. The third-order valence-corrected chi connectivity index (χ3v) is 6.10. The zero-order valence-corrected chi connectivity index (χ0v) is 17.2. The molecule has 2 fully saturated rings. The van der Waals surface area contributed by atoms with Crippen LogP contribution in [0.5, 0.6) is 11.5 Å². The van der Waals surface area contributed by atoms with Gasteiger partial charge < -0.3 is 19.5 Å². The predicted octanol–water partition coefficient (Wildman–Crippen LogP) is 2.76. The first kappa shape index (κ1) is 21.1. The van der Waals surface area contributed by atoms with Crippen molar-refractivity contribution in [3.05, 3.63) is 23.8 Å². The van der Waals surface area contributed by atoms with Gasteiger partial charge in [0.2, 0.25) is 0 Å². The second-order valence-electron chi connectivity index (χ2n) is 8.07. The minimum absolute atomic E-state index is 0.0943. The summed E-state index contributed by atoms with van der Waals surface area (Å²) in [4.78, 5) is 35.5. The number of amides is 1. The molecule has 0 aliphatic heterocycles. The van der Waals surface area contributed by atoms with Gasteiger partial charge >= 0.3 is 5.97 Å². The van der Waals surface area contributed by atoms with Crippen molar-refractivity contribution in [1.82, 2.24) is 5.32 Å². The number of rotatable bonds is 9. The number of Topliss-reactive ketones (excluding diaryl/α,β-unsaturated/α-hetero) is 1. The summed E-state index contributed by atoms with van der Waals surface area (Å²) < 4.78 is 15.6. The van der Waals surface area contributed by atoms with Crippen LogP contribution in [0, 0.1) is 17.8 Å². The molecule has 158 valence electrons. The number of fused-ring (bicyclic) bond motifs is 2. The zero-order valence-electron chi connectivity index (χ0n) is 17.2. The Labute approximate surface area is 171 Å². The Morgan fingerprint density at radius 1 is 1.14 bits per heavy atom. The summed E-state index contributed by atoms with van der Waals surface area (Å²) in [6.45, 7) is 2.81. The molecule has 3 rings (SSSR count). The van der Waals surface area contributed by atoms with Gasteiger partial charge in [0.15, 0.2) is 30.5 Å². The average molecular weight is 403 g/mol. The molecule has 2 aliphatic rings. The number of hydrogen-bond donors (Lipinski definition) is 1. The third kappa shape index (κ3) is 5.28. The fourth-order valence-corrected chi connectivity index (χ4v) is 4.64. The van der Waals surface area contributed by atoms with Crippen molar-refractivity contribution in [1.29, 1.82) is 0 Å². The largest absolute Gasteiger partial charge is 0.493 e. The lowest BCUT2D eigenvalue weighted by atomic mass is 9.84. The Bertz CT molecular complexity index is 777. The van der Waals surface area contributed by atoms with E-state index in [4.69, 9.17) is 14.2 Å². The molecule has 1 N–H and O–H groups in total. The van der Waals surface area contributed by atoms with Crippen molar-refractivity contribution in [2.75, 3.05) is 20.3 Å². The van der Waals surface area contributed by atoms with Gasteiger partial charge in [0.25, 0.3) is 5.91 Å². The molecule has 1 aromatic carbocycles. The van der Waals surface area contributed by atoms with Crippen molar-refractivity contribution in [3.8, 4) is 11.5 Å². The third-order valence-electron chi connectivity index (χ3n) is 6.10. The molecule has 1 aromatic rings. The molecule has 0 spiro atoms. The van der Waals surface area contributed by atoms with Crippen LogP contribution in [0.15, 0.2) is 18.2 Å². The van der Waals surface area contributed by atoms with E-state index in [0.717, 1.165) is 11.8 Å². The van der Waals surface area contributed by atoms with Crippen LogP contribution in [0.1, 0.15) is 49.9 Å². The van der Waals surface area contributed by atoms with Gasteiger partial charge in [0, 0.05) is 11.6 Å². The summed E-state index contributed by atoms with van der Waals surface area (Å²) in [5.74, 6) is 1.70. The molecule has 1 amide bonds. The van der Waals surface area contributed by atoms with Gasteiger partial charge in [0.1, 0.15) is 0 Å². The second-order valence-corrected chi connectivity index (χ2v) is 8.07. The van der Waals surface area contributed by atoms with E-state index in [-0.39, 0.29) is 30.9 Å². The molecule has 0 unspecified atom stereocenters. The Kier molecular flexibility index (Phi) is 6.77. The standard InChI is InChI=1S/C22H29NO6/c1-13(18-9-15-4-5-17(18)8-15)23-21(25)11-29-22(26)12-28-19-7-6-16(14(2)24)10-20(19)27-3/h6-7,10,13,15,17-18H,4-5,8-9,11-12H2,1-3H3,(H,23,25)/t13-,15-,17-,18+/m0/s1. The Morgan fingerprint density at radius 2 is 1.93 bits per heavy atom. The maximum Gasteiger partial charge on any atom is 0.344 e. The van der Waals surface area contributed by atoms with Crippen molar-refractivity contribution < 1.29 is 28.6 Å². The van der Waals surface area contributed by atoms with E-state index in [9.17, 15) is 14.4 Å². The van der Waals surface area contributed by atoms with Crippen LogP contribution in [0.4, 0.5) is 0 Å². The topological polar surface area (TPSA) is 90.9 Å². The lowest BCUT2D eigenvalue weighted by Crippen LogP contribution is -2.42. The van der Waals surface area contributed by atoms with Crippen LogP contribution < -0.4 is 14.8 Å². The minimum Gasteiger partial charge on any atom is -0.493 e. The molecule has 29 heavy (non-hydrogen) atoms. The molecule has 0 saturated heterocycles. The molecule has 2 saturated carbocycles. The highest BCUT2D eigenvalue weighted by molar-refractivity contribution is 5.94. The van der Waals surface area contributed by atoms with E-state index >= 15 is 0 Å². The molecule has 2 bridgehead atoms. The molecule has 7 heteroatoms. The number of benzene rings is 1. The van der Waals surface area contributed by atoms with E-state index in [0.29, 0.717) is 23.0 Å². The van der Waals surface area contributed by atoms with Crippen LogP contribution in [0.25, 0.3) is 0 Å². The number of carbonyl (C=O) groups is 3. The highest BCUT2D eigenvalue weighted by Crippen LogP contribution is 2.49. The SMILES string of the molecule is COc1cc(C(C)=O)ccc1OCC(=O)OCC(=O)N[C@@H](C)[C@H]1C[C@H]2CC[C@H]1C2. The monoisotopic (exact) mass is 403 g/mol. The number of hydrogen-bond acceptors (Lipinski definition) is 6. The Hall–Kier alpha value is -2.57. The van der Waals surface area contributed by atoms with Crippen molar-refractivity contribution in [3.63, 3.8) is 0 Å². The smallest absolute Gasteiger partial charge is 0.344 e. The summed E-state index contributed by atoms with van der Waals surface area (Å²) in [6, 6.07) is 4.80. The summed E-state index contributed by atoms with van der Waals surface area (Å²) in [6.07, 6.45) is 5.05. The molecule has 0 radical (unpaired) electrons. The van der Waals surface area contributed by atoms with Crippen LogP contribution >= 0.6 is 0 Å². The normalized spacial score (nSPS) is 23.3. The molecule has 2 aliphatic carbocycles. The maximum absolute atomic E-state index is 12.1. The summed E-state index contributed by atoms with van der Waals surface area (Å²) in [5.41, 5.74) is 0.484. The van der Waals surface area contributed by atoms with E-state index in [2.05, 4.69) is 5.32 Å². The molecule has 0 aromatic heterocycles. The van der Waals surface area contributed by atoms with Crippen molar-refractivity contribution in [2.45, 2.75) is 45.6 Å². The first-order chi connectivity index (χ1) is 13.9. The van der Waals surface area contributed by atoms with Gasteiger partial charge in [-0.15, -0.1) is 0 Å². The van der Waals surface area contributed by atoms with Crippen LogP contribution in [-0.4, -0.2) is 44.0 Å². The number of nitrogens with one attached hydrogen (secondary N) is 1. The van der Waals surface area contributed by atoms with Gasteiger partial charge in [-0.05, 0) is 69.1 Å². The van der Waals surface area contributed by atoms with Crippen molar-refractivity contribution >= 4 is 17.7 Å². The number of carbonyl (C=O) groups excluding carboxylic acids is 3. The van der Waals surface area contributed by atoms with Gasteiger partial charge in [-0.3, -0.25) is 9.59 Å². The summed E-state index contributed by atoms with van der Waals surface area (Å²) >= 11 is 0. The molecular formula is C22H29NO6. The van der Waals surface area contributed by atoms with Gasteiger partial charge in [-0.25, -0.2) is 4.79 Å². The quantitative estimate of drug-likeness (QED) is 0.504. The summed E-state index contributed by atoms with van der Waals surface area (Å²) in [7, 11) is 1.45. The lowest BCUT2D eigenvalue weighted by Gasteiger charge is -2.28. The second kappa shape index (κ2) is 9.29. The fraction of sp³-hybridized carbons (Fsp3) is 0.591. The zero-order chi connectivity index (χ0) is 21.0. The molecule has 7 nitrogen and oxygen atoms in total. The van der Waals surface area contributed by atoms with E-state index in [1.807, 2.05) is 6.92 Å².